The van der Waals surface area contributed by atoms with Crippen molar-refractivity contribution < 1.29 is 13.2 Å². The minimum atomic E-state index is -3.55. The molecule has 3 aromatic rings. The minimum Gasteiger partial charge on any atom is -0.497 e. The van der Waals surface area contributed by atoms with Crippen LogP contribution in [0.4, 0.5) is 11.8 Å². The fourth-order valence-corrected chi connectivity index (χ4v) is 4.80. The Morgan fingerprint density at radius 3 is 2.62 bits per heavy atom. The lowest BCUT2D eigenvalue weighted by Crippen LogP contribution is -2.28. The van der Waals surface area contributed by atoms with Crippen LogP contribution in [0.15, 0.2) is 65.8 Å². The number of nitrogens with zero attached hydrogens (tertiary/aromatic N) is 4. The molecule has 1 saturated heterocycles. The molecule has 0 radical (unpaired) electrons. The van der Waals surface area contributed by atoms with Gasteiger partial charge in [0.1, 0.15) is 11.6 Å². The highest BCUT2D eigenvalue weighted by molar-refractivity contribution is 7.89. The van der Waals surface area contributed by atoms with Crippen LogP contribution < -0.4 is 10.1 Å². The van der Waals surface area contributed by atoms with Gasteiger partial charge in [0, 0.05) is 31.4 Å². The zero-order chi connectivity index (χ0) is 20.3. The number of anilines is 2. The van der Waals surface area contributed by atoms with Crippen LogP contribution >= 0.6 is 0 Å². The molecule has 0 aliphatic carbocycles. The molecule has 1 aromatic carbocycles. The lowest BCUT2D eigenvalue weighted by atomic mass is 10.1. The van der Waals surface area contributed by atoms with Crippen LogP contribution in [0.2, 0.25) is 0 Å². The summed E-state index contributed by atoms with van der Waals surface area (Å²) in [4.78, 5) is 13.3. The SMILES string of the molecule is COc1ccc(S(=O)(=O)N2CC[C@@H](c3ccnc(Nc4ccccn4)n3)C2)cc1. The number of aromatic nitrogens is 3. The topological polar surface area (TPSA) is 97.3 Å². The van der Waals surface area contributed by atoms with Gasteiger partial charge in [0.15, 0.2) is 0 Å². The number of benzene rings is 1. The smallest absolute Gasteiger partial charge is 0.243 e. The summed E-state index contributed by atoms with van der Waals surface area (Å²) < 4.78 is 32.5. The highest BCUT2D eigenvalue weighted by Gasteiger charge is 2.34. The molecule has 150 valence electrons. The first-order chi connectivity index (χ1) is 14.1. The molecule has 1 N–H and O–H groups in total. The van der Waals surface area contributed by atoms with Crippen LogP contribution in [-0.2, 0) is 10.0 Å². The summed E-state index contributed by atoms with van der Waals surface area (Å²) >= 11 is 0. The van der Waals surface area contributed by atoms with Gasteiger partial charge < -0.3 is 10.1 Å². The average Bonchev–Trinajstić information content (AvgIpc) is 3.26. The predicted octanol–water partition coefficient (Wildman–Crippen LogP) is 2.80. The van der Waals surface area contributed by atoms with E-state index in [1.165, 1.54) is 4.31 Å². The van der Waals surface area contributed by atoms with E-state index in [2.05, 4.69) is 20.3 Å². The van der Waals surface area contributed by atoms with Gasteiger partial charge in [-0.05, 0) is 48.9 Å². The van der Waals surface area contributed by atoms with Gasteiger partial charge in [0.2, 0.25) is 16.0 Å². The van der Waals surface area contributed by atoms with E-state index in [1.54, 1.807) is 43.8 Å². The van der Waals surface area contributed by atoms with Crippen molar-refractivity contribution in [3.63, 3.8) is 0 Å². The first-order valence-corrected chi connectivity index (χ1v) is 10.7. The maximum absolute atomic E-state index is 13.0. The fourth-order valence-electron chi connectivity index (χ4n) is 3.30. The van der Waals surface area contributed by atoms with Crippen LogP contribution in [0.25, 0.3) is 0 Å². The lowest BCUT2D eigenvalue weighted by molar-refractivity contribution is 0.414. The van der Waals surface area contributed by atoms with Crippen molar-refractivity contribution in [3.8, 4) is 5.75 Å². The standard InChI is InChI=1S/C20H21N5O3S/c1-28-16-5-7-17(8-6-16)29(26,27)25-13-10-15(14-25)18-9-12-22-20(23-18)24-19-4-2-3-11-21-19/h2-9,11-12,15H,10,13-14H2,1H3,(H,21,22,23,24)/t15-/m1/s1. The lowest BCUT2D eigenvalue weighted by Gasteiger charge is -2.17. The van der Waals surface area contributed by atoms with Gasteiger partial charge in [-0.2, -0.15) is 4.31 Å². The Kier molecular flexibility index (Phi) is 5.41. The maximum atomic E-state index is 13.0. The maximum Gasteiger partial charge on any atom is 0.243 e. The number of pyridine rings is 1. The zero-order valence-electron chi connectivity index (χ0n) is 15.9. The van der Waals surface area contributed by atoms with Crippen molar-refractivity contribution >= 4 is 21.8 Å². The summed E-state index contributed by atoms with van der Waals surface area (Å²) in [6.45, 7) is 0.834. The molecule has 0 amide bonds. The van der Waals surface area contributed by atoms with E-state index in [0.717, 1.165) is 5.69 Å². The third-order valence-corrected chi connectivity index (χ3v) is 6.73. The second-order valence-corrected chi connectivity index (χ2v) is 8.61. The third kappa shape index (κ3) is 4.20. The van der Waals surface area contributed by atoms with E-state index < -0.39 is 10.0 Å². The molecule has 0 unspecified atom stereocenters. The minimum absolute atomic E-state index is 0.00954. The Bertz CT molecular complexity index is 1070. The zero-order valence-corrected chi connectivity index (χ0v) is 16.7. The highest BCUT2D eigenvalue weighted by atomic mass is 32.2. The van der Waals surface area contributed by atoms with Gasteiger partial charge in [-0.25, -0.2) is 23.4 Å². The molecule has 9 heteroatoms. The second-order valence-electron chi connectivity index (χ2n) is 6.67. The predicted molar refractivity (Wildman–Crippen MR) is 109 cm³/mol. The van der Waals surface area contributed by atoms with Gasteiger partial charge in [-0.15, -0.1) is 0 Å². The first-order valence-electron chi connectivity index (χ1n) is 9.21. The highest BCUT2D eigenvalue weighted by Crippen LogP contribution is 2.31. The van der Waals surface area contributed by atoms with E-state index in [4.69, 9.17) is 4.74 Å². The average molecular weight is 411 g/mol. The molecular weight excluding hydrogens is 390 g/mol. The van der Waals surface area contributed by atoms with Gasteiger partial charge >= 0.3 is 0 Å². The molecule has 4 rings (SSSR count). The molecule has 1 aliphatic heterocycles. The summed E-state index contributed by atoms with van der Waals surface area (Å²) in [7, 11) is -2.01. The molecule has 8 nitrogen and oxygen atoms in total. The van der Waals surface area contributed by atoms with E-state index in [0.29, 0.717) is 37.0 Å². The van der Waals surface area contributed by atoms with Crippen LogP contribution in [-0.4, -0.2) is 47.9 Å². The van der Waals surface area contributed by atoms with E-state index in [-0.39, 0.29) is 10.8 Å². The first kappa shape index (κ1) is 19.3. The van der Waals surface area contributed by atoms with Crippen LogP contribution in [0, 0.1) is 0 Å². The molecular formula is C20H21N5O3S. The Balaban J connectivity index is 1.48. The fraction of sp³-hybridized carbons (Fsp3) is 0.250. The molecule has 2 aromatic heterocycles. The number of rotatable bonds is 6. The quantitative estimate of drug-likeness (QED) is 0.666. The number of ether oxygens (including phenoxy) is 1. The van der Waals surface area contributed by atoms with Gasteiger partial charge in [-0.3, -0.25) is 0 Å². The van der Waals surface area contributed by atoms with Gasteiger partial charge in [0.25, 0.3) is 0 Å². The van der Waals surface area contributed by atoms with Crippen LogP contribution in [0.5, 0.6) is 5.75 Å². The van der Waals surface area contributed by atoms with Crippen LogP contribution in [0.1, 0.15) is 18.0 Å². The number of hydrogen-bond acceptors (Lipinski definition) is 7. The molecule has 3 heterocycles. The molecule has 29 heavy (non-hydrogen) atoms. The monoisotopic (exact) mass is 411 g/mol. The van der Waals surface area contributed by atoms with Crippen molar-refractivity contribution in [2.45, 2.75) is 17.2 Å². The molecule has 0 bridgehead atoms. The van der Waals surface area contributed by atoms with Gasteiger partial charge in [0.05, 0.1) is 17.7 Å². The van der Waals surface area contributed by atoms with Crippen LogP contribution in [0.3, 0.4) is 0 Å². The van der Waals surface area contributed by atoms with Crippen molar-refractivity contribution in [2.24, 2.45) is 0 Å². The van der Waals surface area contributed by atoms with Crippen molar-refractivity contribution in [3.05, 3.63) is 66.6 Å². The Morgan fingerprint density at radius 1 is 1.07 bits per heavy atom. The summed E-state index contributed by atoms with van der Waals surface area (Å²) in [5, 5.41) is 3.07. The molecule has 0 saturated carbocycles. The summed E-state index contributed by atoms with van der Waals surface area (Å²) in [6.07, 6.45) is 4.06. The Labute approximate surface area is 169 Å². The van der Waals surface area contributed by atoms with E-state index in [9.17, 15) is 8.42 Å². The Hall–Kier alpha value is -3.04. The summed E-state index contributed by atoms with van der Waals surface area (Å²) in [5.74, 6) is 1.73. The number of methoxy groups -OCH3 is 1. The number of sulfonamides is 1. The van der Waals surface area contributed by atoms with E-state index >= 15 is 0 Å². The molecule has 1 fully saturated rings. The molecule has 1 aliphatic rings. The van der Waals surface area contributed by atoms with Crippen molar-refractivity contribution in [2.75, 3.05) is 25.5 Å². The normalized spacial score (nSPS) is 17.2. The van der Waals surface area contributed by atoms with E-state index in [1.807, 2.05) is 24.3 Å². The largest absolute Gasteiger partial charge is 0.497 e. The Morgan fingerprint density at radius 2 is 1.90 bits per heavy atom. The summed E-state index contributed by atoms with van der Waals surface area (Å²) in [5.41, 5.74) is 0.811. The summed E-state index contributed by atoms with van der Waals surface area (Å²) in [6, 6.07) is 13.8. The number of nitrogens with one attached hydrogen (secondary N) is 1. The molecule has 1 atom stereocenters. The number of hydrogen-bond donors (Lipinski definition) is 1. The second kappa shape index (κ2) is 8.14. The molecule has 0 spiro atoms. The third-order valence-electron chi connectivity index (χ3n) is 4.85. The van der Waals surface area contributed by atoms with Crippen molar-refractivity contribution in [1.82, 2.24) is 19.3 Å². The van der Waals surface area contributed by atoms with Crippen molar-refractivity contribution in [1.29, 1.82) is 0 Å². The van der Waals surface area contributed by atoms with Gasteiger partial charge in [-0.1, -0.05) is 6.07 Å².